The average Bonchev–Trinajstić information content (AvgIpc) is 3.43. The molecule has 4 rings (SSSR count). The third-order valence-electron chi connectivity index (χ3n) is 4.26. The number of nitrogens with one attached hydrogen (secondary N) is 1. The molecule has 6 nitrogen and oxygen atoms in total. The Hall–Kier alpha value is -3.10. The highest BCUT2D eigenvalue weighted by atomic mass is 35.5. The molecule has 0 radical (unpaired) electrons. The Bertz CT molecular complexity index is 1180. The van der Waals surface area contributed by atoms with Crippen molar-refractivity contribution in [3.8, 4) is 23.0 Å². The van der Waals surface area contributed by atoms with E-state index in [2.05, 4.69) is 15.5 Å². The largest absolute Gasteiger partial charge is 0.455 e. The predicted octanol–water partition coefficient (Wildman–Crippen LogP) is 5.34. The van der Waals surface area contributed by atoms with Crippen molar-refractivity contribution < 1.29 is 18.1 Å². The molecule has 0 spiro atoms. The van der Waals surface area contributed by atoms with Crippen molar-refractivity contribution in [1.82, 2.24) is 15.5 Å². The van der Waals surface area contributed by atoms with E-state index in [1.807, 2.05) is 18.2 Å². The molecule has 0 saturated carbocycles. The molecule has 2 aromatic heterocycles. The highest BCUT2D eigenvalue weighted by Gasteiger charge is 2.15. The van der Waals surface area contributed by atoms with Crippen LogP contribution in [-0.4, -0.2) is 21.8 Å². The van der Waals surface area contributed by atoms with Crippen LogP contribution in [0.15, 0.2) is 69.6 Å². The minimum Gasteiger partial charge on any atom is -0.455 e. The molecule has 0 saturated heterocycles. The summed E-state index contributed by atoms with van der Waals surface area (Å²) >= 11 is 7.42. The summed E-state index contributed by atoms with van der Waals surface area (Å²) < 4.78 is 23.9. The number of nitrogens with zero attached hydrogens (tertiary/aromatic N) is 2. The van der Waals surface area contributed by atoms with Gasteiger partial charge >= 0.3 is 0 Å². The number of halogens is 2. The fraction of sp³-hybridized carbons (Fsp3) is 0.136. The van der Waals surface area contributed by atoms with Gasteiger partial charge in [-0.1, -0.05) is 41.0 Å². The lowest BCUT2D eigenvalue weighted by Gasteiger charge is -2.05. The van der Waals surface area contributed by atoms with E-state index in [4.69, 9.17) is 20.5 Å². The molecule has 0 aliphatic rings. The van der Waals surface area contributed by atoms with Gasteiger partial charge in [0.15, 0.2) is 5.76 Å². The molecule has 158 valence electrons. The molecule has 0 unspecified atom stereocenters. The zero-order valence-corrected chi connectivity index (χ0v) is 17.8. The van der Waals surface area contributed by atoms with E-state index in [-0.39, 0.29) is 23.4 Å². The summed E-state index contributed by atoms with van der Waals surface area (Å²) in [6, 6.07) is 16.7. The van der Waals surface area contributed by atoms with Crippen molar-refractivity contribution >= 4 is 29.3 Å². The molecule has 0 aliphatic heterocycles. The number of thioether (sulfide) groups is 1. The van der Waals surface area contributed by atoms with E-state index >= 15 is 0 Å². The lowest BCUT2D eigenvalue weighted by atomic mass is 10.2. The number of furan rings is 1. The minimum absolute atomic E-state index is 0.107. The highest BCUT2D eigenvalue weighted by Crippen LogP contribution is 2.26. The molecule has 31 heavy (non-hydrogen) atoms. The lowest BCUT2D eigenvalue weighted by molar-refractivity contribution is -0.118. The number of benzene rings is 2. The number of hydrogen-bond acceptors (Lipinski definition) is 6. The summed E-state index contributed by atoms with van der Waals surface area (Å²) in [7, 11) is 0. The summed E-state index contributed by atoms with van der Waals surface area (Å²) in [5, 5.41) is 7.35. The quantitative estimate of drug-likeness (QED) is 0.384. The second-order valence-electron chi connectivity index (χ2n) is 6.60. The van der Waals surface area contributed by atoms with Crippen LogP contribution in [0.5, 0.6) is 0 Å². The van der Waals surface area contributed by atoms with Crippen molar-refractivity contribution in [2.45, 2.75) is 12.3 Å². The fourth-order valence-electron chi connectivity index (χ4n) is 2.74. The number of aromatic nitrogens is 2. The van der Waals surface area contributed by atoms with Gasteiger partial charge in [0.2, 0.25) is 11.7 Å². The summed E-state index contributed by atoms with van der Waals surface area (Å²) in [6.45, 7) is 0.358. The molecule has 0 fully saturated rings. The van der Waals surface area contributed by atoms with Gasteiger partial charge < -0.3 is 14.3 Å². The third-order valence-corrected chi connectivity index (χ3v) is 5.45. The third kappa shape index (κ3) is 5.74. The Morgan fingerprint density at radius 1 is 1.13 bits per heavy atom. The number of carbonyl (C=O) groups excluding carboxylic acids is 1. The zero-order chi connectivity index (χ0) is 21.6. The zero-order valence-electron chi connectivity index (χ0n) is 16.2. The minimum atomic E-state index is -0.301. The van der Waals surface area contributed by atoms with Crippen LogP contribution in [0.4, 0.5) is 4.39 Å². The van der Waals surface area contributed by atoms with Crippen molar-refractivity contribution in [1.29, 1.82) is 0 Å². The van der Waals surface area contributed by atoms with Gasteiger partial charge in [0.1, 0.15) is 11.6 Å². The lowest BCUT2D eigenvalue weighted by Crippen LogP contribution is -2.24. The monoisotopic (exact) mass is 457 g/mol. The molecule has 2 heterocycles. The van der Waals surface area contributed by atoms with Crippen LogP contribution in [0.2, 0.25) is 5.02 Å². The number of amides is 1. The van der Waals surface area contributed by atoms with Crippen LogP contribution >= 0.6 is 23.4 Å². The average molecular weight is 458 g/mol. The molecular formula is C22H17ClFN3O3S. The first-order valence-electron chi connectivity index (χ1n) is 9.34. The van der Waals surface area contributed by atoms with Crippen LogP contribution in [0.3, 0.4) is 0 Å². The van der Waals surface area contributed by atoms with Crippen LogP contribution in [0.1, 0.15) is 11.3 Å². The summed E-state index contributed by atoms with van der Waals surface area (Å²) in [5.41, 5.74) is 1.59. The van der Waals surface area contributed by atoms with Crippen LogP contribution < -0.4 is 5.32 Å². The molecule has 0 bridgehead atoms. The summed E-state index contributed by atoms with van der Waals surface area (Å²) in [5.74, 6) is 2.21. The summed E-state index contributed by atoms with van der Waals surface area (Å²) in [4.78, 5) is 16.3. The fourth-order valence-corrected chi connectivity index (χ4v) is 3.67. The van der Waals surface area contributed by atoms with Gasteiger partial charge in [-0.25, -0.2) is 4.39 Å². The van der Waals surface area contributed by atoms with E-state index in [0.29, 0.717) is 34.7 Å². The smallest absolute Gasteiger partial charge is 0.293 e. The topological polar surface area (TPSA) is 81.2 Å². The maximum absolute atomic E-state index is 12.9. The van der Waals surface area contributed by atoms with Gasteiger partial charge in [0.25, 0.3) is 5.89 Å². The van der Waals surface area contributed by atoms with Crippen molar-refractivity contribution in [2.24, 2.45) is 0 Å². The maximum atomic E-state index is 12.9. The first-order chi connectivity index (χ1) is 15.1. The molecule has 9 heteroatoms. The van der Waals surface area contributed by atoms with E-state index < -0.39 is 0 Å². The van der Waals surface area contributed by atoms with Gasteiger partial charge in [0.05, 0.1) is 11.5 Å². The van der Waals surface area contributed by atoms with Crippen LogP contribution in [-0.2, 0) is 17.1 Å². The Morgan fingerprint density at radius 3 is 2.77 bits per heavy atom. The normalized spacial score (nSPS) is 10.9. The first kappa shape index (κ1) is 21.1. The summed E-state index contributed by atoms with van der Waals surface area (Å²) in [6.07, 6.45) is 0. The van der Waals surface area contributed by atoms with Gasteiger partial charge in [-0.05, 0) is 42.0 Å². The second kappa shape index (κ2) is 9.80. The van der Waals surface area contributed by atoms with Crippen LogP contribution in [0, 0.1) is 5.82 Å². The SMILES string of the molecule is O=C(CSCc1ccc(-c2nc(-c3cccc(Cl)c3)no2)o1)NCc1ccc(F)cc1. The Balaban J connectivity index is 1.26. The van der Waals surface area contributed by atoms with Gasteiger partial charge in [-0.3, -0.25) is 4.79 Å². The van der Waals surface area contributed by atoms with Gasteiger partial charge in [-0.2, -0.15) is 4.98 Å². The molecule has 0 atom stereocenters. The Morgan fingerprint density at radius 2 is 1.97 bits per heavy atom. The predicted molar refractivity (Wildman–Crippen MR) is 117 cm³/mol. The maximum Gasteiger partial charge on any atom is 0.293 e. The van der Waals surface area contributed by atoms with Crippen molar-refractivity contribution in [3.63, 3.8) is 0 Å². The molecule has 0 aliphatic carbocycles. The number of hydrogen-bond donors (Lipinski definition) is 1. The van der Waals surface area contributed by atoms with Gasteiger partial charge in [-0.15, -0.1) is 11.8 Å². The van der Waals surface area contributed by atoms with Gasteiger partial charge in [0, 0.05) is 17.1 Å². The standard InChI is InChI=1S/C22H17ClFN3O3S/c23-16-3-1-2-15(10-16)21-26-22(30-27-21)19-9-8-18(29-19)12-31-13-20(28)25-11-14-4-6-17(24)7-5-14/h1-10H,11-13H2,(H,25,28). The number of rotatable bonds is 8. The highest BCUT2D eigenvalue weighted by molar-refractivity contribution is 7.99. The van der Waals surface area contributed by atoms with E-state index in [9.17, 15) is 9.18 Å². The molecule has 1 N–H and O–H groups in total. The molecular weight excluding hydrogens is 441 g/mol. The second-order valence-corrected chi connectivity index (χ2v) is 8.02. The van der Waals surface area contributed by atoms with Crippen LogP contribution in [0.25, 0.3) is 23.0 Å². The van der Waals surface area contributed by atoms with E-state index in [1.165, 1.54) is 23.9 Å². The Kier molecular flexibility index (Phi) is 6.69. The Labute approximate surface area is 186 Å². The molecule has 2 aromatic carbocycles. The van der Waals surface area contributed by atoms with Crippen molar-refractivity contribution in [2.75, 3.05) is 5.75 Å². The van der Waals surface area contributed by atoms with E-state index in [1.54, 1.807) is 30.3 Å². The number of carbonyl (C=O) groups is 1. The van der Waals surface area contributed by atoms with E-state index in [0.717, 1.165) is 11.1 Å². The molecule has 4 aromatic rings. The van der Waals surface area contributed by atoms with Crippen molar-refractivity contribution in [3.05, 3.63) is 82.8 Å². The molecule has 1 amide bonds. The first-order valence-corrected chi connectivity index (χ1v) is 10.9.